The number of nitrogens with zero attached hydrogens (tertiary/aromatic N) is 2. The highest BCUT2D eigenvalue weighted by molar-refractivity contribution is 5.91. The van der Waals surface area contributed by atoms with E-state index in [9.17, 15) is 14.0 Å². The summed E-state index contributed by atoms with van der Waals surface area (Å²) in [7, 11) is 3.22. The van der Waals surface area contributed by atoms with E-state index in [1.807, 2.05) is 36.0 Å². The lowest BCUT2D eigenvalue weighted by atomic mass is 10.2. The van der Waals surface area contributed by atoms with Crippen molar-refractivity contribution in [2.75, 3.05) is 26.0 Å². The van der Waals surface area contributed by atoms with Gasteiger partial charge in [-0.1, -0.05) is 0 Å². The molecule has 2 aromatic rings. The van der Waals surface area contributed by atoms with E-state index in [1.165, 1.54) is 17.0 Å². The van der Waals surface area contributed by atoms with Crippen LogP contribution in [-0.4, -0.2) is 42.0 Å². The molecule has 6 nitrogen and oxygen atoms in total. The van der Waals surface area contributed by atoms with E-state index in [0.29, 0.717) is 0 Å². The summed E-state index contributed by atoms with van der Waals surface area (Å²) < 4.78 is 21.3. The molecule has 134 valence electrons. The second-order valence-corrected chi connectivity index (χ2v) is 5.95. The third-order valence-electron chi connectivity index (χ3n) is 3.69. The molecule has 0 spiro atoms. The lowest BCUT2D eigenvalue weighted by Crippen LogP contribution is -2.27. The Kier molecular flexibility index (Phi) is 6.16. The van der Waals surface area contributed by atoms with E-state index in [4.69, 9.17) is 4.74 Å². The molecule has 0 fully saturated rings. The van der Waals surface area contributed by atoms with Crippen molar-refractivity contribution in [2.24, 2.45) is 0 Å². The lowest BCUT2D eigenvalue weighted by Gasteiger charge is -2.14. The summed E-state index contributed by atoms with van der Waals surface area (Å²) in [5.74, 6) is -0.892. The van der Waals surface area contributed by atoms with Crippen molar-refractivity contribution in [2.45, 2.75) is 19.4 Å². The zero-order valence-corrected chi connectivity index (χ0v) is 14.5. The van der Waals surface area contributed by atoms with Gasteiger partial charge in [0.25, 0.3) is 5.91 Å². The first-order valence-corrected chi connectivity index (χ1v) is 7.91. The van der Waals surface area contributed by atoms with Crippen molar-refractivity contribution < 1.29 is 18.7 Å². The minimum Gasteiger partial charge on any atom is -0.484 e. The molecule has 0 unspecified atom stereocenters. The van der Waals surface area contributed by atoms with Crippen molar-refractivity contribution in [3.8, 4) is 5.75 Å². The molecule has 0 saturated heterocycles. The smallest absolute Gasteiger partial charge is 0.259 e. The fourth-order valence-corrected chi connectivity index (χ4v) is 2.18. The second-order valence-electron chi connectivity index (χ2n) is 5.95. The number of aromatic nitrogens is 1. The van der Waals surface area contributed by atoms with Crippen LogP contribution < -0.4 is 10.1 Å². The molecule has 1 heterocycles. The molecular weight excluding hydrogens is 325 g/mol. The Balaban J connectivity index is 1.91. The van der Waals surface area contributed by atoms with Gasteiger partial charge in [-0.2, -0.15) is 0 Å². The van der Waals surface area contributed by atoms with Gasteiger partial charge < -0.3 is 19.5 Å². The Labute approximate surface area is 146 Å². The van der Waals surface area contributed by atoms with Crippen LogP contribution in [0, 0.1) is 5.82 Å². The van der Waals surface area contributed by atoms with Crippen LogP contribution in [0.1, 0.15) is 19.4 Å². The number of amides is 2. The van der Waals surface area contributed by atoms with E-state index in [2.05, 4.69) is 5.32 Å². The number of likely N-dealkylation sites (N-methyl/N-ethyl adjacent to an activating group) is 1. The molecule has 1 N–H and O–H groups in total. The predicted molar refractivity (Wildman–Crippen MR) is 93.0 cm³/mol. The Morgan fingerprint density at radius 3 is 2.56 bits per heavy atom. The van der Waals surface area contributed by atoms with Crippen molar-refractivity contribution in [1.82, 2.24) is 9.47 Å². The first-order valence-electron chi connectivity index (χ1n) is 7.91. The van der Waals surface area contributed by atoms with E-state index in [0.717, 1.165) is 6.07 Å². The molecule has 1 atom stereocenters. The number of benzene rings is 1. The van der Waals surface area contributed by atoms with E-state index in [-0.39, 0.29) is 42.3 Å². The number of hydrogen-bond acceptors (Lipinski definition) is 3. The maximum Gasteiger partial charge on any atom is 0.259 e. The van der Waals surface area contributed by atoms with Crippen LogP contribution in [-0.2, 0) is 9.59 Å². The zero-order valence-electron chi connectivity index (χ0n) is 14.5. The Morgan fingerprint density at radius 2 is 1.96 bits per heavy atom. The number of hydrogen-bond donors (Lipinski definition) is 1. The quantitative estimate of drug-likeness (QED) is 0.838. The normalized spacial score (nSPS) is 11.7. The first-order chi connectivity index (χ1) is 11.9. The molecule has 1 aromatic carbocycles. The summed E-state index contributed by atoms with van der Waals surface area (Å²) in [6.07, 6.45) is 3.98. The predicted octanol–water partition coefficient (Wildman–Crippen LogP) is 2.68. The highest BCUT2D eigenvalue weighted by Gasteiger charge is 2.13. The van der Waals surface area contributed by atoms with Crippen LogP contribution in [0.4, 0.5) is 10.1 Å². The number of halogens is 1. The fraction of sp³-hybridized carbons (Fsp3) is 0.333. The van der Waals surface area contributed by atoms with E-state index in [1.54, 1.807) is 14.1 Å². The van der Waals surface area contributed by atoms with Gasteiger partial charge in [0.15, 0.2) is 6.61 Å². The minimum atomic E-state index is -0.614. The number of nitrogens with one attached hydrogen (secondary N) is 1. The maximum atomic E-state index is 14.1. The first kappa shape index (κ1) is 18.5. The van der Waals surface area contributed by atoms with Gasteiger partial charge in [-0.15, -0.1) is 0 Å². The van der Waals surface area contributed by atoms with Crippen molar-refractivity contribution in [3.63, 3.8) is 0 Å². The molecule has 0 aliphatic carbocycles. The van der Waals surface area contributed by atoms with Crippen LogP contribution in [0.5, 0.6) is 5.75 Å². The Morgan fingerprint density at radius 1 is 1.28 bits per heavy atom. The molecule has 0 bridgehead atoms. The number of carbonyl (C=O) groups excluding carboxylic acids is 2. The monoisotopic (exact) mass is 347 g/mol. The molecule has 25 heavy (non-hydrogen) atoms. The second kappa shape index (κ2) is 8.32. The molecule has 7 heteroatoms. The molecule has 2 amide bonds. The third kappa shape index (κ3) is 5.34. The van der Waals surface area contributed by atoms with Gasteiger partial charge in [0.05, 0.1) is 5.69 Å². The van der Waals surface area contributed by atoms with Crippen LogP contribution in [0.3, 0.4) is 0 Å². The topological polar surface area (TPSA) is 63.6 Å². The number of anilines is 1. The number of ether oxygens (including phenoxy) is 1. The van der Waals surface area contributed by atoms with Gasteiger partial charge in [-0.3, -0.25) is 9.59 Å². The summed E-state index contributed by atoms with van der Waals surface area (Å²) >= 11 is 0. The molecule has 0 saturated carbocycles. The van der Waals surface area contributed by atoms with Crippen LogP contribution in [0.25, 0.3) is 0 Å². The standard InChI is InChI=1S/C18H22FN3O3/c1-13(22-8-4-5-9-22)10-17(23)20-16-7-6-14(11-15(16)19)25-12-18(24)21(2)3/h4-9,11,13H,10,12H2,1-3H3,(H,20,23)/t13-/m1/s1. The van der Waals surface area contributed by atoms with E-state index >= 15 is 0 Å². The Bertz CT molecular complexity index is 729. The largest absolute Gasteiger partial charge is 0.484 e. The molecule has 1 aromatic heterocycles. The van der Waals surface area contributed by atoms with Crippen LogP contribution in [0.2, 0.25) is 0 Å². The average Bonchev–Trinajstić information content (AvgIpc) is 3.09. The SMILES string of the molecule is C[C@H](CC(=O)Nc1ccc(OCC(=O)N(C)C)cc1F)n1cccc1. The minimum absolute atomic E-state index is 0.0299. The van der Waals surface area contributed by atoms with Gasteiger partial charge in [0, 0.05) is 45.0 Å². The zero-order chi connectivity index (χ0) is 18.4. The van der Waals surface area contributed by atoms with E-state index < -0.39 is 5.82 Å². The molecular formula is C18H22FN3O3. The number of carbonyl (C=O) groups is 2. The summed E-state index contributed by atoms with van der Waals surface area (Å²) in [5, 5.41) is 2.56. The van der Waals surface area contributed by atoms with Crippen molar-refractivity contribution >= 4 is 17.5 Å². The maximum absolute atomic E-state index is 14.1. The highest BCUT2D eigenvalue weighted by atomic mass is 19.1. The van der Waals surface area contributed by atoms with Crippen LogP contribution >= 0.6 is 0 Å². The summed E-state index contributed by atoms with van der Waals surface area (Å²) in [5.41, 5.74) is 0.0796. The summed E-state index contributed by atoms with van der Waals surface area (Å²) in [6, 6.07) is 7.81. The van der Waals surface area contributed by atoms with Crippen LogP contribution in [0.15, 0.2) is 42.7 Å². The van der Waals surface area contributed by atoms with Gasteiger partial charge in [-0.05, 0) is 31.2 Å². The van der Waals surface area contributed by atoms with Gasteiger partial charge >= 0.3 is 0 Å². The third-order valence-corrected chi connectivity index (χ3v) is 3.69. The molecule has 0 radical (unpaired) electrons. The van der Waals surface area contributed by atoms with Crippen molar-refractivity contribution in [3.05, 3.63) is 48.5 Å². The number of rotatable bonds is 7. The van der Waals surface area contributed by atoms with Crippen molar-refractivity contribution in [1.29, 1.82) is 0 Å². The van der Waals surface area contributed by atoms with Gasteiger partial charge in [0.1, 0.15) is 11.6 Å². The molecule has 2 rings (SSSR count). The summed E-state index contributed by atoms with van der Waals surface area (Å²) in [6.45, 7) is 1.74. The molecule has 0 aliphatic rings. The lowest BCUT2D eigenvalue weighted by molar-refractivity contribution is -0.130. The summed E-state index contributed by atoms with van der Waals surface area (Å²) in [4.78, 5) is 24.9. The Hall–Kier alpha value is -2.83. The average molecular weight is 347 g/mol. The fourth-order valence-electron chi connectivity index (χ4n) is 2.18. The molecule has 0 aliphatic heterocycles. The van der Waals surface area contributed by atoms with Gasteiger partial charge in [0.2, 0.25) is 5.91 Å². The highest BCUT2D eigenvalue weighted by Crippen LogP contribution is 2.21. The van der Waals surface area contributed by atoms with Gasteiger partial charge in [-0.25, -0.2) is 4.39 Å².